The van der Waals surface area contributed by atoms with Crippen LogP contribution in [0.15, 0.2) is 71.6 Å². The van der Waals surface area contributed by atoms with Crippen LogP contribution in [0.5, 0.6) is 11.5 Å². The van der Waals surface area contributed by atoms with Gasteiger partial charge in [0, 0.05) is 5.69 Å². The van der Waals surface area contributed by atoms with Crippen molar-refractivity contribution in [2.45, 2.75) is 20.8 Å². The molecule has 1 heterocycles. The van der Waals surface area contributed by atoms with Crippen LogP contribution in [0.4, 0.5) is 10.5 Å². The molecule has 3 aromatic carbocycles. The van der Waals surface area contributed by atoms with Crippen molar-refractivity contribution in [3.63, 3.8) is 0 Å². The second kappa shape index (κ2) is 11.8. The van der Waals surface area contributed by atoms with Crippen LogP contribution in [-0.2, 0) is 9.59 Å². The molecule has 3 aromatic rings. The number of nitrogens with zero attached hydrogens (tertiary/aromatic N) is 1. The van der Waals surface area contributed by atoms with E-state index in [-0.39, 0.29) is 36.8 Å². The molecule has 190 valence electrons. The normalized spacial score (nSPS) is 14.2. The zero-order chi connectivity index (χ0) is 26.4. The van der Waals surface area contributed by atoms with Gasteiger partial charge in [-0.2, -0.15) is 0 Å². The largest absolute Gasteiger partial charge is 0.491 e. The predicted octanol–water partition coefficient (Wildman–Crippen LogP) is 5.74. The zero-order valence-electron chi connectivity index (χ0n) is 20.9. The fraction of sp³-hybridized carbons (Fsp3) is 0.207. The first-order chi connectivity index (χ1) is 17.8. The number of aryl methyl sites for hydroxylation is 3. The first-order valence-corrected chi connectivity index (χ1v) is 12.7. The Hall–Kier alpha value is -4.04. The van der Waals surface area contributed by atoms with E-state index in [2.05, 4.69) is 5.32 Å². The molecule has 1 saturated heterocycles. The Morgan fingerprint density at radius 1 is 0.946 bits per heavy atom. The first kappa shape index (κ1) is 26.0. The lowest BCUT2D eigenvalue weighted by Crippen LogP contribution is -2.32. The Morgan fingerprint density at radius 3 is 2.46 bits per heavy atom. The topological polar surface area (TPSA) is 84.9 Å². The number of hydrogen-bond donors (Lipinski definition) is 1. The van der Waals surface area contributed by atoms with Gasteiger partial charge in [-0.05, 0) is 85.1 Å². The minimum absolute atomic E-state index is 0.128. The predicted molar refractivity (Wildman–Crippen MR) is 146 cm³/mol. The maximum Gasteiger partial charge on any atom is 0.293 e. The third kappa shape index (κ3) is 6.80. The number of benzene rings is 3. The van der Waals surface area contributed by atoms with Gasteiger partial charge in [0.1, 0.15) is 18.1 Å². The molecular formula is C29H28N2O5S. The zero-order valence-corrected chi connectivity index (χ0v) is 21.8. The van der Waals surface area contributed by atoms with E-state index in [1.54, 1.807) is 30.3 Å². The number of carbonyl (C=O) groups is 3. The van der Waals surface area contributed by atoms with Crippen molar-refractivity contribution in [1.29, 1.82) is 0 Å². The summed E-state index contributed by atoms with van der Waals surface area (Å²) >= 11 is 0.908. The third-order valence-electron chi connectivity index (χ3n) is 5.76. The summed E-state index contributed by atoms with van der Waals surface area (Å²) in [5.74, 6) is 0.674. The Kier molecular flexibility index (Phi) is 8.30. The molecule has 1 fully saturated rings. The van der Waals surface area contributed by atoms with Crippen LogP contribution in [0.3, 0.4) is 0 Å². The SMILES string of the molecule is Cc1ccc(C)c(OCCN2C(=O)S/C(=C\c3ccc(OCC(=O)Nc4ccccc4C)cc3)C2=O)c1. The van der Waals surface area contributed by atoms with Gasteiger partial charge in [-0.15, -0.1) is 0 Å². The maximum absolute atomic E-state index is 12.8. The molecule has 0 aromatic heterocycles. The van der Waals surface area contributed by atoms with Crippen LogP contribution in [0, 0.1) is 20.8 Å². The molecule has 0 bridgehead atoms. The number of nitrogens with one attached hydrogen (secondary N) is 1. The van der Waals surface area contributed by atoms with Crippen molar-refractivity contribution in [1.82, 2.24) is 4.90 Å². The van der Waals surface area contributed by atoms with Gasteiger partial charge in [-0.3, -0.25) is 19.3 Å². The Balaban J connectivity index is 1.29. The first-order valence-electron chi connectivity index (χ1n) is 11.8. The van der Waals surface area contributed by atoms with Gasteiger partial charge in [-0.25, -0.2) is 0 Å². The average molecular weight is 517 g/mol. The second-order valence-corrected chi connectivity index (χ2v) is 9.66. The van der Waals surface area contributed by atoms with Gasteiger partial charge in [0.05, 0.1) is 11.4 Å². The molecule has 0 aliphatic carbocycles. The van der Waals surface area contributed by atoms with Crippen molar-refractivity contribution in [3.05, 3.63) is 93.9 Å². The van der Waals surface area contributed by atoms with Crippen LogP contribution >= 0.6 is 11.8 Å². The molecule has 8 heteroatoms. The van der Waals surface area contributed by atoms with E-state index < -0.39 is 0 Å². The highest BCUT2D eigenvalue weighted by atomic mass is 32.2. The van der Waals surface area contributed by atoms with Crippen LogP contribution in [0.1, 0.15) is 22.3 Å². The second-order valence-electron chi connectivity index (χ2n) is 8.67. The van der Waals surface area contributed by atoms with E-state index in [4.69, 9.17) is 9.47 Å². The molecule has 7 nitrogen and oxygen atoms in total. The summed E-state index contributed by atoms with van der Waals surface area (Å²) in [5, 5.41) is 2.50. The molecule has 1 aliphatic rings. The van der Waals surface area contributed by atoms with Crippen LogP contribution in [0.25, 0.3) is 6.08 Å². The summed E-state index contributed by atoms with van der Waals surface area (Å²) in [6.07, 6.45) is 1.67. The van der Waals surface area contributed by atoms with Crippen LogP contribution < -0.4 is 14.8 Å². The number of amides is 3. The molecule has 0 unspecified atom stereocenters. The van der Waals surface area contributed by atoms with Crippen LogP contribution in [0.2, 0.25) is 0 Å². The number of carbonyl (C=O) groups excluding carboxylic acids is 3. The minimum atomic E-state index is -0.340. The van der Waals surface area contributed by atoms with E-state index in [1.807, 2.05) is 63.2 Å². The molecule has 37 heavy (non-hydrogen) atoms. The van der Waals surface area contributed by atoms with Gasteiger partial charge >= 0.3 is 0 Å². The fourth-order valence-electron chi connectivity index (χ4n) is 3.66. The lowest BCUT2D eigenvalue weighted by molar-refractivity contribution is -0.123. The number of thioether (sulfide) groups is 1. The molecule has 1 N–H and O–H groups in total. The smallest absolute Gasteiger partial charge is 0.293 e. The number of ether oxygens (including phenoxy) is 2. The van der Waals surface area contributed by atoms with E-state index in [0.29, 0.717) is 10.7 Å². The summed E-state index contributed by atoms with van der Waals surface area (Å²) < 4.78 is 11.4. The average Bonchev–Trinajstić information content (AvgIpc) is 3.14. The van der Waals surface area contributed by atoms with Crippen molar-refractivity contribution in [3.8, 4) is 11.5 Å². The molecule has 0 radical (unpaired) electrons. The van der Waals surface area contributed by atoms with Crippen molar-refractivity contribution < 1.29 is 23.9 Å². The Morgan fingerprint density at radius 2 is 1.70 bits per heavy atom. The monoisotopic (exact) mass is 516 g/mol. The van der Waals surface area contributed by atoms with Gasteiger partial charge in [-0.1, -0.05) is 42.5 Å². The number of imide groups is 1. The summed E-state index contributed by atoms with van der Waals surface area (Å²) in [5.41, 5.74) is 4.54. The summed E-state index contributed by atoms with van der Waals surface area (Å²) in [6.45, 7) is 6.12. The standard InChI is InChI=1S/C29H28N2O5S/c1-19-8-9-21(3)25(16-19)35-15-14-31-28(33)26(37-29(31)34)17-22-10-12-23(13-11-22)36-18-27(32)30-24-7-5-4-6-20(24)2/h4-13,16-17H,14-15,18H2,1-3H3,(H,30,32)/b26-17-. The molecule has 0 spiro atoms. The number of hydrogen-bond acceptors (Lipinski definition) is 6. The number of rotatable bonds is 9. The third-order valence-corrected chi connectivity index (χ3v) is 6.66. The van der Waals surface area contributed by atoms with Crippen LogP contribution in [-0.4, -0.2) is 41.7 Å². The summed E-state index contributed by atoms with van der Waals surface area (Å²) in [4.78, 5) is 39.0. The quantitative estimate of drug-likeness (QED) is 0.365. The Bertz CT molecular complexity index is 1350. The lowest BCUT2D eigenvalue weighted by atomic mass is 10.1. The van der Waals surface area contributed by atoms with Gasteiger partial charge in [0.2, 0.25) is 0 Å². The van der Waals surface area contributed by atoms with Gasteiger partial charge in [0.25, 0.3) is 17.1 Å². The van der Waals surface area contributed by atoms with E-state index in [1.165, 1.54) is 4.90 Å². The van der Waals surface area contributed by atoms with Crippen molar-refractivity contribution in [2.75, 3.05) is 25.1 Å². The maximum atomic E-state index is 12.8. The number of para-hydroxylation sites is 1. The van der Waals surface area contributed by atoms with E-state index >= 15 is 0 Å². The van der Waals surface area contributed by atoms with Crippen molar-refractivity contribution in [2.24, 2.45) is 0 Å². The molecule has 1 aliphatic heterocycles. The van der Waals surface area contributed by atoms with E-state index in [0.717, 1.165) is 45.5 Å². The highest BCUT2D eigenvalue weighted by molar-refractivity contribution is 8.18. The molecule has 0 atom stereocenters. The van der Waals surface area contributed by atoms with E-state index in [9.17, 15) is 14.4 Å². The van der Waals surface area contributed by atoms with Crippen molar-refractivity contribution >= 4 is 40.6 Å². The number of anilines is 1. The highest BCUT2D eigenvalue weighted by Gasteiger charge is 2.34. The fourth-order valence-corrected chi connectivity index (χ4v) is 4.53. The molecule has 0 saturated carbocycles. The molecular weight excluding hydrogens is 488 g/mol. The molecule has 4 rings (SSSR count). The van der Waals surface area contributed by atoms with Gasteiger partial charge < -0.3 is 14.8 Å². The summed E-state index contributed by atoms with van der Waals surface area (Å²) in [6, 6.07) is 20.4. The minimum Gasteiger partial charge on any atom is -0.491 e. The highest BCUT2D eigenvalue weighted by Crippen LogP contribution is 2.32. The summed E-state index contributed by atoms with van der Waals surface area (Å²) in [7, 11) is 0. The Labute approximate surface area is 220 Å². The molecule has 3 amide bonds. The lowest BCUT2D eigenvalue weighted by Gasteiger charge is -2.14. The van der Waals surface area contributed by atoms with Gasteiger partial charge in [0.15, 0.2) is 6.61 Å².